The molecule has 0 fully saturated rings. The summed E-state index contributed by atoms with van der Waals surface area (Å²) in [6.45, 7) is 1.48. The van der Waals surface area contributed by atoms with Gasteiger partial charge in [-0.3, -0.25) is 15.1 Å². The normalized spacial score (nSPS) is 12.4. The van der Waals surface area contributed by atoms with Gasteiger partial charge in [0.25, 0.3) is 5.91 Å². The number of guanidine groups is 1. The van der Waals surface area contributed by atoms with E-state index >= 15 is 0 Å². The van der Waals surface area contributed by atoms with E-state index in [1.54, 1.807) is 18.5 Å². The molecule has 176 valence electrons. The van der Waals surface area contributed by atoms with Crippen LogP contribution in [0.15, 0.2) is 59.9 Å². The van der Waals surface area contributed by atoms with Crippen LogP contribution in [0.2, 0.25) is 0 Å². The Morgan fingerprint density at radius 1 is 1.18 bits per heavy atom. The van der Waals surface area contributed by atoms with Crippen LogP contribution in [0.1, 0.15) is 17.3 Å². The standard InChI is InChI=1S/C23H22Cl2N6O3/c1-23(24,25)21(30-20(32)15-9-16(33-2)11-17(10-15)34-3)31-22(28-13-26)29-19-6-4-5-14-12-27-8-7-18(14)19/h4-12,21H,1-3H3,(H,30,32)(H2,28,29,31). The van der Waals surface area contributed by atoms with E-state index in [1.165, 1.54) is 33.3 Å². The third kappa shape index (κ3) is 6.19. The van der Waals surface area contributed by atoms with Gasteiger partial charge in [0, 0.05) is 40.5 Å². The molecule has 0 aliphatic rings. The number of benzene rings is 2. The van der Waals surface area contributed by atoms with Crippen LogP contribution in [0.5, 0.6) is 11.5 Å². The van der Waals surface area contributed by atoms with Crippen molar-refractivity contribution >= 4 is 51.5 Å². The second kappa shape index (κ2) is 10.9. The number of ether oxygens (including phenoxy) is 2. The van der Waals surface area contributed by atoms with Gasteiger partial charge in [0.2, 0.25) is 5.96 Å². The Bertz CT molecular complexity index is 1230. The molecular weight excluding hydrogens is 479 g/mol. The van der Waals surface area contributed by atoms with Crippen molar-refractivity contribution in [3.63, 3.8) is 0 Å². The first-order valence-corrected chi connectivity index (χ1v) is 10.7. The fraction of sp³-hybridized carbons (Fsp3) is 0.217. The Kier molecular flexibility index (Phi) is 7.99. The van der Waals surface area contributed by atoms with E-state index in [-0.39, 0.29) is 11.5 Å². The minimum atomic E-state index is -1.52. The summed E-state index contributed by atoms with van der Waals surface area (Å²) in [6.07, 6.45) is 4.05. The maximum Gasteiger partial charge on any atom is 0.253 e. The number of amides is 1. The van der Waals surface area contributed by atoms with Gasteiger partial charge in [0.15, 0.2) is 16.7 Å². The highest BCUT2D eigenvalue weighted by molar-refractivity contribution is 6.48. The van der Waals surface area contributed by atoms with E-state index in [2.05, 4.69) is 25.9 Å². The van der Waals surface area contributed by atoms with E-state index in [9.17, 15) is 10.1 Å². The molecule has 0 spiro atoms. The first kappa shape index (κ1) is 24.9. The average molecular weight is 501 g/mol. The summed E-state index contributed by atoms with van der Waals surface area (Å²) in [5.74, 6) is 0.380. The number of pyridine rings is 1. The van der Waals surface area contributed by atoms with Gasteiger partial charge in [-0.25, -0.2) is 4.99 Å². The van der Waals surface area contributed by atoms with Crippen LogP contribution in [0.25, 0.3) is 10.8 Å². The monoisotopic (exact) mass is 500 g/mol. The van der Waals surface area contributed by atoms with Crippen molar-refractivity contribution in [3.05, 3.63) is 60.4 Å². The number of carbonyl (C=O) groups is 1. The smallest absolute Gasteiger partial charge is 0.253 e. The van der Waals surface area contributed by atoms with Crippen LogP contribution in [0.4, 0.5) is 5.69 Å². The molecule has 0 aliphatic carbocycles. The van der Waals surface area contributed by atoms with Crippen LogP contribution < -0.4 is 25.4 Å². The average Bonchev–Trinajstić information content (AvgIpc) is 2.82. The van der Waals surface area contributed by atoms with Crippen LogP contribution in [0.3, 0.4) is 0 Å². The van der Waals surface area contributed by atoms with Gasteiger partial charge in [-0.05, 0) is 31.2 Å². The lowest BCUT2D eigenvalue weighted by molar-refractivity contribution is 0.0935. The lowest BCUT2D eigenvalue weighted by atomic mass is 10.1. The number of halogens is 2. The highest BCUT2D eigenvalue weighted by Gasteiger charge is 2.32. The minimum Gasteiger partial charge on any atom is -0.497 e. The number of nitrogens with zero attached hydrogens (tertiary/aromatic N) is 3. The van der Waals surface area contributed by atoms with Gasteiger partial charge in [-0.1, -0.05) is 35.3 Å². The molecule has 34 heavy (non-hydrogen) atoms. The number of carbonyl (C=O) groups excluding carboxylic acids is 1. The SMILES string of the molecule is COc1cc(OC)cc(C(=O)NC(/N=C(\NC#N)Nc2cccc3cnccc23)C(C)(Cl)Cl)c1. The summed E-state index contributed by atoms with van der Waals surface area (Å²) in [6, 6.07) is 12.1. The maximum absolute atomic E-state index is 13.0. The number of rotatable bonds is 7. The molecule has 3 aromatic rings. The number of alkyl halides is 2. The lowest BCUT2D eigenvalue weighted by Crippen LogP contribution is -2.45. The van der Waals surface area contributed by atoms with Gasteiger partial charge >= 0.3 is 0 Å². The Hall–Kier alpha value is -3.74. The summed E-state index contributed by atoms with van der Waals surface area (Å²) in [4.78, 5) is 21.5. The highest BCUT2D eigenvalue weighted by Crippen LogP contribution is 2.28. The molecule has 11 heteroatoms. The second-order valence-electron chi connectivity index (χ2n) is 7.18. The first-order chi connectivity index (χ1) is 16.2. The van der Waals surface area contributed by atoms with E-state index in [4.69, 9.17) is 32.7 Å². The summed E-state index contributed by atoms with van der Waals surface area (Å²) < 4.78 is 8.91. The number of anilines is 1. The number of nitrogens with one attached hydrogen (secondary N) is 3. The summed E-state index contributed by atoms with van der Waals surface area (Å²) in [5, 5.41) is 19.2. The Balaban J connectivity index is 1.93. The Morgan fingerprint density at radius 2 is 1.88 bits per heavy atom. The molecule has 1 atom stereocenters. The van der Waals surface area contributed by atoms with Gasteiger partial charge < -0.3 is 20.1 Å². The predicted octanol–water partition coefficient (Wildman–Crippen LogP) is 4.04. The van der Waals surface area contributed by atoms with Crippen LogP contribution >= 0.6 is 23.2 Å². The molecule has 2 aromatic carbocycles. The maximum atomic E-state index is 13.0. The summed E-state index contributed by atoms with van der Waals surface area (Å²) in [7, 11) is 2.96. The molecule has 3 rings (SSSR count). The molecule has 1 amide bonds. The molecule has 0 aliphatic heterocycles. The molecule has 0 saturated heterocycles. The van der Waals surface area contributed by atoms with Crippen molar-refractivity contribution in [1.29, 1.82) is 5.26 Å². The molecule has 0 bridgehead atoms. The molecule has 0 saturated carbocycles. The summed E-state index contributed by atoms with van der Waals surface area (Å²) in [5.41, 5.74) is 0.910. The van der Waals surface area contributed by atoms with Gasteiger partial charge in [0.1, 0.15) is 11.5 Å². The topological polar surface area (TPSA) is 121 Å². The summed E-state index contributed by atoms with van der Waals surface area (Å²) >= 11 is 12.7. The zero-order valence-corrected chi connectivity index (χ0v) is 20.1. The van der Waals surface area contributed by atoms with E-state index in [0.717, 1.165) is 10.8 Å². The molecule has 9 nitrogen and oxygen atoms in total. The van der Waals surface area contributed by atoms with Gasteiger partial charge in [-0.2, -0.15) is 5.26 Å². The lowest BCUT2D eigenvalue weighted by Gasteiger charge is -2.25. The van der Waals surface area contributed by atoms with E-state index < -0.39 is 16.4 Å². The van der Waals surface area contributed by atoms with Crippen LogP contribution in [0, 0.1) is 11.5 Å². The number of aliphatic imine (C=N–C) groups is 1. The number of nitriles is 1. The molecule has 1 unspecified atom stereocenters. The van der Waals surface area contributed by atoms with Gasteiger partial charge in [-0.15, -0.1) is 0 Å². The van der Waals surface area contributed by atoms with Crippen molar-refractivity contribution in [2.45, 2.75) is 17.4 Å². The van der Waals surface area contributed by atoms with Crippen molar-refractivity contribution in [2.75, 3.05) is 19.5 Å². The Labute approximate surface area is 206 Å². The third-order valence-electron chi connectivity index (χ3n) is 4.73. The highest BCUT2D eigenvalue weighted by atomic mass is 35.5. The zero-order chi connectivity index (χ0) is 24.7. The first-order valence-electron chi connectivity index (χ1n) is 9.99. The van der Waals surface area contributed by atoms with Crippen molar-refractivity contribution in [3.8, 4) is 17.7 Å². The molecule has 1 aromatic heterocycles. The fourth-order valence-electron chi connectivity index (χ4n) is 3.06. The fourth-order valence-corrected chi connectivity index (χ4v) is 3.26. The number of aromatic nitrogens is 1. The van der Waals surface area contributed by atoms with Crippen LogP contribution in [-0.4, -0.2) is 41.6 Å². The number of fused-ring (bicyclic) bond motifs is 1. The van der Waals surface area contributed by atoms with Gasteiger partial charge in [0.05, 0.1) is 14.2 Å². The molecule has 1 heterocycles. The van der Waals surface area contributed by atoms with Crippen LogP contribution in [-0.2, 0) is 0 Å². The Morgan fingerprint density at radius 3 is 2.50 bits per heavy atom. The minimum absolute atomic E-state index is 0.0351. The second-order valence-corrected chi connectivity index (χ2v) is 8.94. The third-order valence-corrected chi connectivity index (χ3v) is 5.14. The molecule has 0 radical (unpaired) electrons. The zero-order valence-electron chi connectivity index (χ0n) is 18.6. The predicted molar refractivity (Wildman–Crippen MR) is 132 cm³/mol. The van der Waals surface area contributed by atoms with E-state index in [0.29, 0.717) is 17.2 Å². The molecule has 3 N–H and O–H groups in total. The van der Waals surface area contributed by atoms with Crippen molar-refractivity contribution in [2.24, 2.45) is 4.99 Å². The number of methoxy groups -OCH3 is 2. The molecular formula is C23H22Cl2N6O3. The quantitative estimate of drug-likeness (QED) is 0.147. The number of hydrogen-bond acceptors (Lipinski definition) is 6. The van der Waals surface area contributed by atoms with E-state index in [1.807, 2.05) is 30.5 Å². The van der Waals surface area contributed by atoms with Crippen molar-refractivity contribution < 1.29 is 14.3 Å². The largest absolute Gasteiger partial charge is 0.497 e. The van der Waals surface area contributed by atoms with Crippen molar-refractivity contribution in [1.82, 2.24) is 15.6 Å². The number of hydrogen-bond donors (Lipinski definition) is 3.